The maximum absolute atomic E-state index is 11.7. The molecule has 1 rings (SSSR count). The molecular weight excluding hydrogens is 214 g/mol. The second-order valence-corrected chi connectivity index (χ2v) is 5.90. The van der Waals surface area contributed by atoms with E-state index < -0.39 is 10.2 Å². The van der Waals surface area contributed by atoms with Crippen LogP contribution in [-0.4, -0.2) is 38.9 Å². The van der Waals surface area contributed by atoms with E-state index in [2.05, 4.69) is 4.72 Å². The van der Waals surface area contributed by atoms with Gasteiger partial charge in [0.2, 0.25) is 0 Å². The highest BCUT2D eigenvalue weighted by molar-refractivity contribution is 7.87. The van der Waals surface area contributed by atoms with Crippen LogP contribution in [0.5, 0.6) is 0 Å². The molecule has 3 N–H and O–H groups in total. The molecule has 0 aromatic heterocycles. The van der Waals surface area contributed by atoms with Gasteiger partial charge in [-0.3, -0.25) is 0 Å². The Morgan fingerprint density at radius 1 is 1.40 bits per heavy atom. The fourth-order valence-electron chi connectivity index (χ4n) is 1.65. The van der Waals surface area contributed by atoms with Gasteiger partial charge in [-0.15, -0.1) is 0 Å². The first-order valence-electron chi connectivity index (χ1n) is 5.51. The summed E-state index contributed by atoms with van der Waals surface area (Å²) in [4.78, 5) is 0. The zero-order valence-corrected chi connectivity index (χ0v) is 10.1. The molecule has 1 aliphatic heterocycles. The van der Waals surface area contributed by atoms with Gasteiger partial charge in [0, 0.05) is 19.6 Å². The average molecular weight is 235 g/mol. The first-order valence-corrected chi connectivity index (χ1v) is 6.95. The zero-order chi connectivity index (χ0) is 11.3. The summed E-state index contributed by atoms with van der Waals surface area (Å²) < 4.78 is 27.6. The van der Waals surface area contributed by atoms with Crippen LogP contribution in [0.25, 0.3) is 0 Å². The fourth-order valence-corrected chi connectivity index (χ4v) is 3.07. The van der Waals surface area contributed by atoms with Crippen molar-refractivity contribution in [2.75, 3.05) is 26.2 Å². The van der Waals surface area contributed by atoms with E-state index in [0.717, 1.165) is 19.3 Å². The van der Waals surface area contributed by atoms with Crippen LogP contribution in [0.3, 0.4) is 0 Å². The van der Waals surface area contributed by atoms with E-state index in [1.54, 1.807) is 0 Å². The molecular formula is C9H21N3O2S. The number of hydrogen-bond acceptors (Lipinski definition) is 3. The maximum Gasteiger partial charge on any atom is 0.279 e. The van der Waals surface area contributed by atoms with Crippen molar-refractivity contribution in [2.45, 2.75) is 26.2 Å². The van der Waals surface area contributed by atoms with Crippen LogP contribution in [0.15, 0.2) is 0 Å². The van der Waals surface area contributed by atoms with E-state index in [-0.39, 0.29) is 0 Å². The van der Waals surface area contributed by atoms with E-state index in [9.17, 15) is 8.42 Å². The summed E-state index contributed by atoms with van der Waals surface area (Å²) in [6.45, 7) is 4.39. The molecule has 0 radical (unpaired) electrons. The minimum atomic E-state index is -3.23. The summed E-state index contributed by atoms with van der Waals surface area (Å²) in [5, 5.41) is 0. The van der Waals surface area contributed by atoms with Crippen molar-refractivity contribution in [3.8, 4) is 0 Å². The number of nitrogens with one attached hydrogen (secondary N) is 1. The van der Waals surface area contributed by atoms with E-state index in [1.165, 1.54) is 4.31 Å². The monoisotopic (exact) mass is 235 g/mol. The van der Waals surface area contributed by atoms with Crippen LogP contribution in [0, 0.1) is 5.92 Å². The highest BCUT2D eigenvalue weighted by Gasteiger charge is 2.24. The molecule has 90 valence electrons. The molecule has 1 saturated heterocycles. The Bertz CT molecular complexity index is 273. The Labute approximate surface area is 92.2 Å². The molecule has 0 aromatic carbocycles. The minimum Gasteiger partial charge on any atom is -0.330 e. The van der Waals surface area contributed by atoms with Crippen LogP contribution < -0.4 is 10.5 Å². The summed E-state index contributed by atoms with van der Waals surface area (Å²) in [6.07, 6.45) is 2.79. The zero-order valence-electron chi connectivity index (χ0n) is 9.28. The summed E-state index contributed by atoms with van der Waals surface area (Å²) in [5.41, 5.74) is 5.40. The van der Waals surface area contributed by atoms with Crippen molar-refractivity contribution >= 4 is 10.2 Å². The second kappa shape index (κ2) is 5.79. The molecule has 1 aliphatic rings. The quantitative estimate of drug-likeness (QED) is 0.675. The lowest BCUT2D eigenvalue weighted by Crippen LogP contribution is -2.40. The lowest BCUT2D eigenvalue weighted by molar-refractivity contribution is 0.450. The molecule has 0 saturated carbocycles. The molecule has 1 unspecified atom stereocenters. The summed E-state index contributed by atoms with van der Waals surface area (Å²) >= 11 is 0. The van der Waals surface area contributed by atoms with Crippen molar-refractivity contribution < 1.29 is 8.42 Å². The third-order valence-corrected chi connectivity index (χ3v) is 4.26. The second-order valence-electron chi connectivity index (χ2n) is 4.14. The van der Waals surface area contributed by atoms with Crippen molar-refractivity contribution in [3.63, 3.8) is 0 Å². The van der Waals surface area contributed by atoms with Gasteiger partial charge in [-0.05, 0) is 31.7 Å². The Morgan fingerprint density at radius 2 is 2.00 bits per heavy atom. The van der Waals surface area contributed by atoms with E-state index >= 15 is 0 Å². The molecule has 1 fully saturated rings. The van der Waals surface area contributed by atoms with Gasteiger partial charge in [0.05, 0.1) is 0 Å². The van der Waals surface area contributed by atoms with Crippen LogP contribution in [0.4, 0.5) is 0 Å². The molecule has 0 bridgehead atoms. The highest BCUT2D eigenvalue weighted by Crippen LogP contribution is 2.11. The Hall–Kier alpha value is -0.170. The highest BCUT2D eigenvalue weighted by atomic mass is 32.2. The number of hydrogen-bond donors (Lipinski definition) is 2. The van der Waals surface area contributed by atoms with Crippen molar-refractivity contribution in [2.24, 2.45) is 11.7 Å². The standard InChI is InChI=1S/C9H21N3O2S/c1-9(4-5-10)8-11-15(13,14)12-6-2-3-7-12/h9,11H,2-8,10H2,1H3. The normalized spacial score (nSPS) is 20.7. The third kappa shape index (κ3) is 4.06. The molecule has 6 heteroatoms. The van der Waals surface area contributed by atoms with Gasteiger partial charge in [0.1, 0.15) is 0 Å². The van der Waals surface area contributed by atoms with Gasteiger partial charge in [0.25, 0.3) is 10.2 Å². The topological polar surface area (TPSA) is 75.4 Å². The number of nitrogens with zero attached hydrogens (tertiary/aromatic N) is 1. The first kappa shape index (κ1) is 12.9. The molecule has 0 amide bonds. The molecule has 0 spiro atoms. The Balaban J connectivity index is 2.35. The predicted molar refractivity (Wildman–Crippen MR) is 60.6 cm³/mol. The largest absolute Gasteiger partial charge is 0.330 e. The lowest BCUT2D eigenvalue weighted by Gasteiger charge is -2.18. The van der Waals surface area contributed by atoms with Gasteiger partial charge in [-0.1, -0.05) is 6.92 Å². The number of nitrogens with two attached hydrogens (primary N) is 1. The summed E-state index contributed by atoms with van der Waals surface area (Å²) in [7, 11) is -3.23. The van der Waals surface area contributed by atoms with Gasteiger partial charge in [-0.2, -0.15) is 12.7 Å². The molecule has 5 nitrogen and oxygen atoms in total. The third-order valence-electron chi connectivity index (χ3n) is 2.68. The van der Waals surface area contributed by atoms with Crippen molar-refractivity contribution in [1.29, 1.82) is 0 Å². The average Bonchev–Trinajstić information content (AvgIpc) is 2.69. The fraction of sp³-hybridized carbons (Fsp3) is 1.00. The first-order chi connectivity index (χ1) is 7.06. The van der Waals surface area contributed by atoms with Gasteiger partial charge < -0.3 is 5.73 Å². The smallest absolute Gasteiger partial charge is 0.279 e. The van der Waals surface area contributed by atoms with Crippen LogP contribution in [0.2, 0.25) is 0 Å². The van der Waals surface area contributed by atoms with Crippen molar-refractivity contribution in [3.05, 3.63) is 0 Å². The maximum atomic E-state index is 11.7. The summed E-state index contributed by atoms with van der Waals surface area (Å²) in [6, 6.07) is 0. The predicted octanol–water partition coefficient (Wildman–Crippen LogP) is -0.0985. The van der Waals surface area contributed by atoms with E-state index in [1.807, 2.05) is 6.92 Å². The van der Waals surface area contributed by atoms with Crippen molar-refractivity contribution in [1.82, 2.24) is 9.03 Å². The van der Waals surface area contributed by atoms with Crippen LogP contribution >= 0.6 is 0 Å². The van der Waals surface area contributed by atoms with Crippen LogP contribution in [0.1, 0.15) is 26.2 Å². The Morgan fingerprint density at radius 3 is 2.53 bits per heavy atom. The molecule has 1 heterocycles. The van der Waals surface area contributed by atoms with Crippen LogP contribution in [-0.2, 0) is 10.2 Å². The van der Waals surface area contributed by atoms with Gasteiger partial charge in [0.15, 0.2) is 0 Å². The number of rotatable bonds is 6. The molecule has 15 heavy (non-hydrogen) atoms. The minimum absolute atomic E-state index is 0.298. The Kier molecular flexibility index (Phi) is 4.98. The SMILES string of the molecule is CC(CCN)CNS(=O)(=O)N1CCCC1. The molecule has 0 aromatic rings. The lowest BCUT2D eigenvalue weighted by atomic mass is 10.1. The van der Waals surface area contributed by atoms with E-state index in [0.29, 0.717) is 32.1 Å². The summed E-state index contributed by atoms with van der Waals surface area (Å²) in [5.74, 6) is 0.298. The van der Waals surface area contributed by atoms with Gasteiger partial charge in [-0.25, -0.2) is 4.72 Å². The van der Waals surface area contributed by atoms with Gasteiger partial charge >= 0.3 is 0 Å². The molecule has 0 aliphatic carbocycles. The van der Waals surface area contributed by atoms with E-state index in [4.69, 9.17) is 5.73 Å². The molecule has 1 atom stereocenters.